The number of aryl methyl sites for hydroxylation is 2. The Labute approximate surface area is 220 Å². The van der Waals surface area contributed by atoms with Gasteiger partial charge in [0.15, 0.2) is 5.76 Å². The summed E-state index contributed by atoms with van der Waals surface area (Å²) in [6.45, 7) is 13.6. The number of pyridine rings is 1. The highest BCUT2D eigenvalue weighted by molar-refractivity contribution is 5.93. The maximum Gasteiger partial charge on any atom is 0.299 e. The minimum absolute atomic E-state index is 0.0357. The zero-order valence-corrected chi connectivity index (χ0v) is 21.3. The largest absolute Gasteiger partial charge is 0.423 e. The first kappa shape index (κ1) is 25.0. The first-order valence-electron chi connectivity index (χ1n) is 12.5. The number of hydrogen-bond donors (Lipinski definition) is 2. The molecule has 5 rings (SSSR count). The van der Waals surface area contributed by atoms with Gasteiger partial charge >= 0.3 is 0 Å². The molecule has 2 N–H and O–H groups in total. The molecule has 2 aromatic heterocycles. The SMILES string of the molecule is [C-]#[N+]c1ccc(-c2cnc(Nc3cc(NC(=O)CN4CCCC4)ccc3C)o2)cc1-n1ccc(C)cc1=O. The van der Waals surface area contributed by atoms with E-state index in [1.54, 1.807) is 30.6 Å². The van der Waals surface area contributed by atoms with Crippen molar-refractivity contribution >= 4 is 29.0 Å². The summed E-state index contributed by atoms with van der Waals surface area (Å²) in [4.78, 5) is 35.1. The molecule has 9 nitrogen and oxygen atoms in total. The van der Waals surface area contributed by atoms with Crippen molar-refractivity contribution in [3.63, 3.8) is 0 Å². The number of carbonyl (C=O) groups is 1. The van der Waals surface area contributed by atoms with Gasteiger partial charge in [-0.15, -0.1) is 0 Å². The Balaban J connectivity index is 1.35. The van der Waals surface area contributed by atoms with E-state index in [0.717, 1.165) is 42.7 Å². The molecule has 0 unspecified atom stereocenters. The second-order valence-electron chi connectivity index (χ2n) is 9.44. The van der Waals surface area contributed by atoms with Crippen molar-refractivity contribution in [2.75, 3.05) is 30.3 Å². The van der Waals surface area contributed by atoms with Crippen LogP contribution < -0.4 is 16.2 Å². The van der Waals surface area contributed by atoms with Crippen LogP contribution in [0, 0.1) is 20.4 Å². The van der Waals surface area contributed by atoms with Crippen LogP contribution in [0.2, 0.25) is 0 Å². The zero-order valence-electron chi connectivity index (χ0n) is 21.3. The van der Waals surface area contributed by atoms with Gasteiger partial charge in [-0.3, -0.25) is 19.1 Å². The molecule has 0 aliphatic carbocycles. The van der Waals surface area contributed by atoms with Crippen LogP contribution in [-0.2, 0) is 4.79 Å². The highest BCUT2D eigenvalue weighted by Gasteiger charge is 2.16. The molecule has 1 amide bonds. The predicted molar refractivity (Wildman–Crippen MR) is 147 cm³/mol. The molecular formula is C29H28N6O3. The standard InChI is InChI=1S/C29H28N6O3/c1-19-10-13-35(28(37)14-19)25-15-21(7-9-23(25)30-3)26-17-31-29(38-26)33-24-16-22(8-6-20(24)2)32-27(36)18-34-11-4-5-12-34/h6-10,13-17H,4-5,11-12,18H2,1-2H3,(H,31,33)(H,32,36). The number of anilines is 3. The van der Waals surface area contributed by atoms with Crippen molar-refractivity contribution in [3.8, 4) is 17.0 Å². The monoisotopic (exact) mass is 508 g/mol. The van der Waals surface area contributed by atoms with E-state index in [9.17, 15) is 9.59 Å². The van der Waals surface area contributed by atoms with Crippen molar-refractivity contribution in [2.24, 2.45) is 0 Å². The van der Waals surface area contributed by atoms with Gasteiger partial charge < -0.3 is 15.1 Å². The van der Waals surface area contributed by atoms with Gasteiger partial charge in [0.1, 0.15) is 0 Å². The molecule has 0 spiro atoms. The molecule has 0 radical (unpaired) electrons. The summed E-state index contributed by atoms with van der Waals surface area (Å²) < 4.78 is 7.42. The number of carbonyl (C=O) groups excluding carboxylic acids is 1. The second kappa shape index (κ2) is 10.7. The molecule has 1 aliphatic heterocycles. The molecular weight excluding hydrogens is 480 g/mol. The highest BCUT2D eigenvalue weighted by Crippen LogP contribution is 2.32. The first-order chi connectivity index (χ1) is 18.4. The van der Waals surface area contributed by atoms with E-state index < -0.39 is 0 Å². The second-order valence-corrected chi connectivity index (χ2v) is 9.44. The summed E-state index contributed by atoms with van der Waals surface area (Å²) in [5, 5.41) is 6.16. The lowest BCUT2D eigenvalue weighted by Gasteiger charge is -2.15. The van der Waals surface area contributed by atoms with Gasteiger partial charge in [-0.25, -0.2) is 9.83 Å². The number of nitrogens with one attached hydrogen (secondary N) is 2. The average molecular weight is 509 g/mol. The molecule has 0 atom stereocenters. The van der Waals surface area contributed by atoms with E-state index in [4.69, 9.17) is 11.0 Å². The number of hydrogen-bond acceptors (Lipinski definition) is 6. The van der Waals surface area contributed by atoms with E-state index in [1.807, 2.05) is 38.1 Å². The van der Waals surface area contributed by atoms with Crippen LogP contribution in [0.1, 0.15) is 24.0 Å². The van der Waals surface area contributed by atoms with E-state index in [1.165, 1.54) is 10.6 Å². The van der Waals surface area contributed by atoms with Crippen LogP contribution >= 0.6 is 0 Å². The lowest BCUT2D eigenvalue weighted by molar-refractivity contribution is -0.117. The summed E-state index contributed by atoms with van der Waals surface area (Å²) >= 11 is 0. The molecule has 1 fully saturated rings. The summed E-state index contributed by atoms with van der Waals surface area (Å²) in [5.41, 5.74) is 4.56. The Morgan fingerprint density at radius 1 is 1.11 bits per heavy atom. The third-order valence-corrected chi connectivity index (χ3v) is 6.55. The van der Waals surface area contributed by atoms with Crippen molar-refractivity contribution < 1.29 is 9.21 Å². The summed E-state index contributed by atoms with van der Waals surface area (Å²) in [5.74, 6) is 0.449. The quantitative estimate of drug-likeness (QED) is 0.323. The van der Waals surface area contributed by atoms with E-state index in [0.29, 0.717) is 34.9 Å². The van der Waals surface area contributed by atoms with Crippen LogP contribution in [-0.4, -0.2) is 40.0 Å². The first-order valence-corrected chi connectivity index (χ1v) is 12.5. The molecule has 9 heteroatoms. The molecule has 2 aromatic carbocycles. The Morgan fingerprint density at radius 2 is 1.92 bits per heavy atom. The highest BCUT2D eigenvalue weighted by atomic mass is 16.4. The fraction of sp³-hybridized carbons (Fsp3) is 0.241. The molecule has 4 aromatic rings. The zero-order chi connectivity index (χ0) is 26.6. The lowest BCUT2D eigenvalue weighted by atomic mass is 10.1. The molecule has 1 aliphatic rings. The molecule has 38 heavy (non-hydrogen) atoms. The molecule has 0 saturated carbocycles. The fourth-order valence-electron chi connectivity index (χ4n) is 4.50. The van der Waals surface area contributed by atoms with Gasteiger partial charge in [0.05, 0.1) is 25.0 Å². The third kappa shape index (κ3) is 5.51. The molecule has 0 bridgehead atoms. The van der Waals surface area contributed by atoms with Crippen molar-refractivity contribution in [3.05, 3.63) is 93.8 Å². The lowest BCUT2D eigenvalue weighted by Crippen LogP contribution is -2.30. The number of oxazole rings is 1. The maximum atomic E-state index is 12.6. The van der Waals surface area contributed by atoms with Crippen LogP contribution in [0.4, 0.5) is 23.1 Å². The molecule has 192 valence electrons. The fourth-order valence-corrected chi connectivity index (χ4v) is 4.50. The van der Waals surface area contributed by atoms with Crippen molar-refractivity contribution in [1.29, 1.82) is 0 Å². The van der Waals surface area contributed by atoms with E-state index in [-0.39, 0.29) is 17.5 Å². The van der Waals surface area contributed by atoms with E-state index >= 15 is 0 Å². The maximum absolute atomic E-state index is 12.6. The number of aromatic nitrogens is 2. The smallest absolute Gasteiger partial charge is 0.299 e. The Morgan fingerprint density at radius 3 is 2.68 bits per heavy atom. The summed E-state index contributed by atoms with van der Waals surface area (Å²) in [7, 11) is 0. The van der Waals surface area contributed by atoms with Gasteiger partial charge in [0.2, 0.25) is 11.6 Å². The number of benzene rings is 2. The Hall–Kier alpha value is -4.68. The van der Waals surface area contributed by atoms with Gasteiger partial charge in [-0.05, 0) is 75.2 Å². The molecule has 3 heterocycles. The van der Waals surface area contributed by atoms with E-state index in [2.05, 4.69) is 25.4 Å². The van der Waals surface area contributed by atoms with Crippen LogP contribution in [0.25, 0.3) is 21.9 Å². The summed E-state index contributed by atoms with van der Waals surface area (Å²) in [6.07, 6.45) is 5.53. The van der Waals surface area contributed by atoms with Crippen molar-refractivity contribution in [1.82, 2.24) is 14.5 Å². The number of amides is 1. The van der Waals surface area contributed by atoms with Crippen LogP contribution in [0.3, 0.4) is 0 Å². The summed E-state index contributed by atoms with van der Waals surface area (Å²) in [6, 6.07) is 14.5. The molecule has 1 saturated heterocycles. The predicted octanol–water partition coefficient (Wildman–Crippen LogP) is 5.44. The third-order valence-electron chi connectivity index (χ3n) is 6.55. The normalized spacial score (nSPS) is 13.3. The number of rotatable bonds is 7. The minimum Gasteiger partial charge on any atom is -0.423 e. The van der Waals surface area contributed by atoms with Gasteiger partial charge in [0.25, 0.3) is 11.6 Å². The van der Waals surface area contributed by atoms with Gasteiger partial charge in [-0.1, -0.05) is 18.2 Å². The number of likely N-dealkylation sites (tertiary alicyclic amines) is 1. The minimum atomic E-state index is -0.213. The van der Waals surface area contributed by atoms with Crippen LogP contribution in [0.5, 0.6) is 0 Å². The van der Waals surface area contributed by atoms with Gasteiger partial charge in [0, 0.05) is 29.2 Å². The Bertz CT molecular complexity index is 1590. The number of nitrogens with zero attached hydrogens (tertiary/aromatic N) is 4. The van der Waals surface area contributed by atoms with Crippen LogP contribution in [0.15, 0.2) is 70.1 Å². The average Bonchev–Trinajstić information content (AvgIpc) is 3.58. The van der Waals surface area contributed by atoms with Gasteiger partial charge in [-0.2, -0.15) is 0 Å². The Kier molecular flexibility index (Phi) is 7.07. The topological polar surface area (TPSA) is 96.8 Å². The van der Waals surface area contributed by atoms with Crippen molar-refractivity contribution in [2.45, 2.75) is 26.7 Å².